The Morgan fingerprint density at radius 3 is 2.72 bits per heavy atom. The molecule has 0 unspecified atom stereocenters. The van der Waals surface area contributed by atoms with Gasteiger partial charge in [-0.3, -0.25) is 9.59 Å². The first-order valence-corrected chi connectivity index (χ1v) is 8.49. The minimum Gasteiger partial charge on any atom is -0.435 e. The van der Waals surface area contributed by atoms with Gasteiger partial charge < -0.3 is 15.0 Å². The lowest BCUT2D eigenvalue weighted by Gasteiger charge is -2.23. The van der Waals surface area contributed by atoms with E-state index in [1.165, 1.54) is 40.5 Å². The lowest BCUT2D eigenvalue weighted by atomic mass is 10.1. The number of rotatable bonds is 5. The second-order valence-electron chi connectivity index (χ2n) is 5.39. The lowest BCUT2D eigenvalue weighted by molar-refractivity contribution is -0.119. The molecule has 1 N–H and O–H groups in total. The van der Waals surface area contributed by atoms with Crippen LogP contribution >= 0.6 is 11.3 Å². The molecule has 1 aliphatic heterocycles. The van der Waals surface area contributed by atoms with Crippen LogP contribution in [0.4, 0.5) is 13.9 Å². The standard InChI is InChI=1S/C16H15F2N3O3S/c17-15(18)24-11-5-3-10(4-6-11)14(23)21-8-1-2-12(21)13(22)20-16-19-7-9-25-16/h3-7,9,12,15H,1-2,8H2,(H,19,20,22)/t12-/m1/s1. The zero-order valence-corrected chi connectivity index (χ0v) is 13.8. The summed E-state index contributed by atoms with van der Waals surface area (Å²) in [5.41, 5.74) is 0.315. The normalized spacial score (nSPS) is 16.9. The number of amides is 2. The van der Waals surface area contributed by atoms with E-state index >= 15 is 0 Å². The summed E-state index contributed by atoms with van der Waals surface area (Å²) in [4.78, 5) is 30.5. The van der Waals surface area contributed by atoms with E-state index in [0.29, 0.717) is 30.1 Å². The Morgan fingerprint density at radius 1 is 1.32 bits per heavy atom. The van der Waals surface area contributed by atoms with Crippen molar-refractivity contribution in [3.8, 4) is 5.75 Å². The SMILES string of the molecule is O=C(Nc1nccs1)[C@H]1CCCN1C(=O)c1ccc(OC(F)F)cc1. The third kappa shape index (κ3) is 4.11. The number of halogens is 2. The molecule has 1 aromatic carbocycles. The Morgan fingerprint density at radius 2 is 2.08 bits per heavy atom. The molecule has 2 aromatic rings. The lowest BCUT2D eigenvalue weighted by Crippen LogP contribution is -2.43. The van der Waals surface area contributed by atoms with Crippen LogP contribution in [-0.4, -0.2) is 40.9 Å². The van der Waals surface area contributed by atoms with Crippen LogP contribution in [0.15, 0.2) is 35.8 Å². The highest BCUT2D eigenvalue weighted by Crippen LogP contribution is 2.23. The molecule has 9 heteroatoms. The Balaban J connectivity index is 1.68. The first-order chi connectivity index (χ1) is 12.0. The summed E-state index contributed by atoms with van der Waals surface area (Å²) in [5, 5.41) is 4.93. The molecule has 1 fully saturated rings. The molecule has 2 heterocycles. The van der Waals surface area contributed by atoms with Crippen molar-refractivity contribution in [1.82, 2.24) is 9.88 Å². The van der Waals surface area contributed by atoms with E-state index in [1.54, 1.807) is 11.6 Å². The third-order valence-electron chi connectivity index (χ3n) is 3.81. The van der Waals surface area contributed by atoms with E-state index < -0.39 is 12.7 Å². The Hall–Kier alpha value is -2.55. The summed E-state index contributed by atoms with van der Waals surface area (Å²) < 4.78 is 28.6. The molecule has 1 atom stereocenters. The highest BCUT2D eigenvalue weighted by Gasteiger charge is 2.34. The monoisotopic (exact) mass is 367 g/mol. The van der Waals surface area contributed by atoms with Crippen molar-refractivity contribution in [2.24, 2.45) is 0 Å². The number of benzene rings is 1. The van der Waals surface area contributed by atoms with Gasteiger partial charge in [0, 0.05) is 23.7 Å². The van der Waals surface area contributed by atoms with Gasteiger partial charge in [-0.15, -0.1) is 11.3 Å². The van der Waals surface area contributed by atoms with Gasteiger partial charge in [-0.25, -0.2) is 4.98 Å². The number of nitrogens with zero attached hydrogens (tertiary/aromatic N) is 2. The number of ether oxygens (including phenoxy) is 1. The number of nitrogens with one attached hydrogen (secondary N) is 1. The molecule has 0 aliphatic carbocycles. The van der Waals surface area contributed by atoms with Crippen LogP contribution in [0.1, 0.15) is 23.2 Å². The van der Waals surface area contributed by atoms with Crippen molar-refractivity contribution in [1.29, 1.82) is 0 Å². The molecular formula is C16H15F2N3O3S. The Labute approximate surface area is 146 Å². The van der Waals surface area contributed by atoms with Crippen LogP contribution in [0.3, 0.4) is 0 Å². The van der Waals surface area contributed by atoms with Crippen LogP contribution in [0.2, 0.25) is 0 Å². The van der Waals surface area contributed by atoms with Crippen molar-refractivity contribution >= 4 is 28.3 Å². The maximum Gasteiger partial charge on any atom is 0.387 e. The Kier molecular flexibility index (Phi) is 5.22. The predicted octanol–water partition coefficient (Wildman–Crippen LogP) is 2.99. The number of anilines is 1. The van der Waals surface area contributed by atoms with Crippen LogP contribution in [0.25, 0.3) is 0 Å². The molecule has 1 aliphatic rings. The number of hydrogen-bond acceptors (Lipinski definition) is 5. The molecule has 1 aromatic heterocycles. The molecule has 0 saturated carbocycles. The quantitative estimate of drug-likeness (QED) is 0.882. The van der Waals surface area contributed by atoms with Gasteiger partial charge in [0.1, 0.15) is 11.8 Å². The smallest absolute Gasteiger partial charge is 0.387 e. The minimum absolute atomic E-state index is 0.0222. The molecule has 2 amide bonds. The minimum atomic E-state index is -2.92. The molecular weight excluding hydrogens is 352 g/mol. The molecule has 3 rings (SSSR count). The van der Waals surface area contributed by atoms with Crippen LogP contribution < -0.4 is 10.1 Å². The summed E-state index contributed by atoms with van der Waals surface area (Å²) in [6, 6.07) is 4.86. The zero-order chi connectivity index (χ0) is 17.8. The van der Waals surface area contributed by atoms with E-state index in [2.05, 4.69) is 15.0 Å². The van der Waals surface area contributed by atoms with Gasteiger partial charge in [-0.1, -0.05) is 0 Å². The fraction of sp³-hybridized carbons (Fsp3) is 0.312. The number of aromatic nitrogens is 1. The highest BCUT2D eigenvalue weighted by molar-refractivity contribution is 7.13. The van der Waals surface area contributed by atoms with Gasteiger partial charge >= 0.3 is 6.61 Å². The zero-order valence-electron chi connectivity index (χ0n) is 13.0. The molecule has 132 valence electrons. The number of carbonyl (C=O) groups excluding carboxylic acids is 2. The van der Waals surface area contributed by atoms with E-state index in [9.17, 15) is 18.4 Å². The maximum absolute atomic E-state index is 12.6. The maximum atomic E-state index is 12.6. The van der Waals surface area contributed by atoms with E-state index in [1.807, 2.05) is 0 Å². The molecule has 0 radical (unpaired) electrons. The molecule has 1 saturated heterocycles. The van der Waals surface area contributed by atoms with Crippen LogP contribution in [0.5, 0.6) is 5.75 Å². The largest absolute Gasteiger partial charge is 0.435 e. The van der Waals surface area contributed by atoms with E-state index in [0.717, 1.165) is 0 Å². The summed E-state index contributed by atoms with van der Waals surface area (Å²) in [6.45, 7) is -2.46. The molecule has 0 bridgehead atoms. The fourth-order valence-electron chi connectivity index (χ4n) is 2.70. The molecule has 6 nitrogen and oxygen atoms in total. The number of hydrogen-bond donors (Lipinski definition) is 1. The highest BCUT2D eigenvalue weighted by atomic mass is 32.1. The second-order valence-corrected chi connectivity index (χ2v) is 6.28. The average Bonchev–Trinajstić information content (AvgIpc) is 3.25. The molecule has 25 heavy (non-hydrogen) atoms. The van der Waals surface area contributed by atoms with Gasteiger partial charge in [0.15, 0.2) is 5.13 Å². The number of alkyl halides is 2. The van der Waals surface area contributed by atoms with E-state index in [-0.39, 0.29) is 17.6 Å². The van der Waals surface area contributed by atoms with Gasteiger partial charge in [-0.05, 0) is 37.1 Å². The molecule has 0 spiro atoms. The second kappa shape index (κ2) is 7.56. The van der Waals surface area contributed by atoms with Gasteiger partial charge in [0.2, 0.25) is 5.91 Å². The van der Waals surface area contributed by atoms with Crippen LogP contribution in [0, 0.1) is 0 Å². The first-order valence-electron chi connectivity index (χ1n) is 7.61. The van der Waals surface area contributed by atoms with Gasteiger partial charge in [0.05, 0.1) is 0 Å². The van der Waals surface area contributed by atoms with Crippen LogP contribution in [-0.2, 0) is 4.79 Å². The summed E-state index contributed by atoms with van der Waals surface area (Å²) in [5.74, 6) is -0.620. The van der Waals surface area contributed by atoms with Crippen molar-refractivity contribution in [3.05, 3.63) is 41.4 Å². The third-order valence-corrected chi connectivity index (χ3v) is 4.49. The summed E-state index contributed by atoms with van der Waals surface area (Å²) in [7, 11) is 0. The van der Waals surface area contributed by atoms with Crippen molar-refractivity contribution in [2.75, 3.05) is 11.9 Å². The van der Waals surface area contributed by atoms with E-state index in [4.69, 9.17) is 0 Å². The number of likely N-dealkylation sites (tertiary alicyclic amines) is 1. The number of carbonyl (C=O) groups is 2. The van der Waals surface area contributed by atoms with Crippen molar-refractivity contribution in [3.63, 3.8) is 0 Å². The number of thiazole rings is 1. The fourth-order valence-corrected chi connectivity index (χ4v) is 3.23. The van der Waals surface area contributed by atoms with Crippen molar-refractivity contribution in [2.45, 2.75) is 25.5 Å². The van der Waals surface area contributed by atoms with Crippen molar-refractivity contribution < 1.29 is 23.1 Å². The summed E-state index contributed by atoms with van der Waals surface area (Å²) in [6.07, 6.45) is 2.87. The first kappa shape index (κ1) is 17.3. The summed E-state index contributed by atoms with van der Waals surface area (Å²) >= 11 is 1.30. The predicted molar refractivity (Wildman–Crippen MR) is 87.9 cm³/mol. The average molecular weight is 367 g/mol. The topological polar surface area (TPSA) is 71.5 Å². The van der Waals surface area contributed by atoms with Gasteiger partial charge in [-0.2, -0.15) is 8.78 Å². The Bertz CT molecular complexity index is 738. The van der Waals surface area contributed by atoms with Gasteiger partial charge in [0.25, 0.3) is 5.91 Å².